The number of anilines is 1. The van der Waals surface area contributed by atoms with Crippen LogP contribution < -0.4 is 5.73 Å². The summed E-state index contributed by atoms with van der Waals surface area (Å²) in [4.78, 5) is 11.5. The van der Waals surface area contributed by atoms with Crippen molar-refractivity contribution >= 4 is 11.7 Å². The van der Waals surface area contributed by atoms with Crippen molar-refractivity contribution in [3.63, 3.8) is 0 Å². The summed E-state index contributed by atoms with van der Waals surface area (Å²) in [7, 11) is 0. The van der Waals surface area contributed by atoms with Crippen molar-refractivity contribution in [1.82, 2.24) is 0 Å². The molecule has 3 nitrogen and oxygen atoms in total. The molecule has 0 saturated heterocycles. The first-order chi connectivity index (χ1) is 9.18. The van der Waals surface area contributed by atoms with Gasteiger partial charge in [0.25, 0.3) is 0 Å². The first kappa shape index (κ1) is 14.6. The van der Waals surface area contributed by atoms with Crippen LogP contribution in [-0.2, 0) is 10.2 Å². The van der Waals surface area contributed by atoms with Gasteiger partial charge in [0.1, 0.15) is 11.6 Å². The van der Waals surface area contributed by atoms with Crippen molar-refractivity contribution in [3.05, 3.63) is 29.3 Å². The molecular formula is C13H13F4NO2. The standard InChI is InChI=1S/C13H13F4NO2/c14-7-5-8(10(18)9(15)6-7)12(11(19)20)1-3-13(16,17)4-2-12/h5-6H,1-4,18H2,(H,19,20). The Bertz CT molecular complexity index is 550. The molecule has 0 aromatic heterocycles. The Kier molecular flexibility index (Phi) is 3.39. The topological polar surface area (TPSA) is 63.3 Å². The Morgan fingerprint density at radius 1 is 1.15 bits per heavy atom. The molecule has 0 atom stereocenters. The molecule has 0 amide bonds. The van der Waals surface area contributed by atoms with Crippen molar-refractivity contribution in [3.8, 4) is 0 Å². The number of carbonyl (C=O) groups is 1. The van der Waals surface area contributed by atoms with E-state index in [1.807, 2.05) is 0 Å². The molecule has 20 heavy (non-hydrogen) atoms. The molecule has 1 saturated carbocycles. The summed E-state index contributed by atoms with van der Waals surface area (Å²) in [5, 5.41) is 9.37. The predicted molar refractivity (Wildman–Crippen MR) is 63.5 cm³/mol. The minimum Gasteiger partial charge on any atom is -0.481 e. The van der Waals surface area contributed by atoms with E-state index in [0.717, 1.165) is 6.07 Å². The second kappa shape index (κ2) is 4.64. The van der Waals surface area contributed by atoms with Crippen molar-refractivity contribution in [2.24, 2.45) is 0 Å². The lowest BCUT2D eigenvalue weighted by Gasteiger charge is -2.37. The zero-order valence-electron chi connectivity index (χ0n) is 10.4. The van der Waals surface area contributed by atoms with Crippen molar-refractivity contribution in [2.75, 3.05) is 5.73 Å². The third-order valence-electron chi connectivity index (χ3n) is 3.85. The number of nitrogen functional groups attached to an aromatic ring is 1. The highest BCUT2D eigenvalue weighted by Crippen LogP contribution is 2.47. The molecule has 0 spiro atoms. The highest BCUT2D eigenvalue weighted by molar-refractivity contribution is 5.84. The molecule has 3 N–H and O–H groups in total. The van der Waals surface area contributed by atoms with Crippen LogP contribution in [0.3, 0.4) is 0 Å². The van der Waals surface area contributed by atoms with Gasteiger partial charge >= 0.3 is 5.97 Å². The van der Waals surface area contributed by atoms with Crippen LogP contribution in [0.15, 0.2) is 12.1 Å². The summed E-state index contributed by atoms with van der Waals surface area (Å²) in [6, 6.07) is 1.35. The summed E-state index contributed by atoms with van der Waals surface area (Å²) in [5.41, 5.74) is 2.94. The van der Waals surface area contributed by atoms with E-state index in [-0.39, 0.29) is 5.56 Å². The molecule has 7 heteroatoms. The quantitative estimate of drug-likeness (QED) is 0.650. The van der Waals surface area contributed by atoms with Crippen LogP contribution in [-0.4, -0.2) is 17.0 Å². The van der Waals surface area contributed by atoms with E-state index < -0.39 is 60.3 Å². The van der Waals surface area contributed by atoms with Crippen molar-refractivity contribution < 1.29 is 27.5 Å². The number of alkyl halides is 2. The summed E-state index contributed by atoms with van der Waals surface area (Å²) in [6.07, 6.45) is -2.14. The minimum atomic E-state index is -2.96. The monoisotopic (exact) mass is 291 g/mol. The van der Waals surface area contributed by atoms with Gasteiger partial charge in [-0.3, -0.25) is 4.79 Å². The minimum absolute atomic E-state index is 0.266. The number of rotatable bonds is 2. The van der Waals surface area contributed by atoms with E-state index in [9.17, 15) is 27.5 Å². The lowest BCUT2D eigenvalue weighted by molar-refractivity contribution is -0.149. The van der Waals surface area contributed by atoms with Crippen molar-refractivity contribution in [2.45, 2.75) is 37.0 Å². The fourth-order valence-corrected chi connectivity index (χ4v) is 2.62. The van der Waals surface area contributed by atoms with Crippen molar-refractivity contribution in [1.29, 1.82) is 0 Å². The normalized spacial score (nSPS) is 20.6. The van der Waals surface area contributed by atoms with Crippen LogP contribution in [0.2, 0.25) is 0 Å². The first-order valence-electron chi connectivity index (χ1n) is 6.04. The van der Waals surface area contributed by atoms with Gasteiger partial charge in [0.15, 0.2) is 0 Å². The molecule has 1 aliphatic carbocycles. The Morgan fingerprint density at radius 2 is 1.70 bits per heavy atom. The largest absolute Gasteiger partial charge is 0.481 e. The number of nitrogens with two attached hydrogens (primary N) is 1. The average molecular weight is 291 g/mol. The summed E-state index contributed by atoms with van der Waals surface area (Å²) in [5.74, 6) is -6.42. The molecule has 0 aliphatic heterocycles. The van der Waals surface area contributed by atoms with Gasteiger partial charge in [0, 0.05) is 18.9 Å². The van der Waals surface area contributed by atoms with Gasteiger partial charge < -0.3 is 10.8 Å². The smallest absolute Gasteiger partial charge is 0.314 e. The summed E-state index contributed by atoms with van der Waals surface area (Å²) >= 11 is 0. The van der Waals surface area contributed by atoms with Gasteiger partial charge in [-0.1, -0.05) is 0 Å². The lowest BCUT2D eigenvalue weighted by Crippen LogP contribution is -2.43. The maximum Gasteiger partial charge on any atom is 0.314 e. The Hall–Kier alpha value is -1.79. The maximum absolute atomic E-state index is 13.5. The van der Waals surface area contributed by atoms with E-state index in [1.165, 1.54) is 0 Å². The predicted octanol–water partition coefficient (Wildman–Crippen LogP) is 3.08. The second-order valence-corrected chi connectivity index (χ2v) is 5.09. The fourth-order valence-electron chi connectivity index (χ4n) is 2.62. The molecule has 110 valence electrons. The van der Waals surface area contributed by atoms with E-state index in [4.69, 9.17) is 5.73 Å². The number of hydrogen-bond acceptors (Lipinski definition) is 2. The molecule has 0 heterocycles. The molecule has 1 aliphatic rings. The van der Waals surface area contributed by atoms with Crippen LogP contribution >= 0.6 is 0 Å². The SMILES string of the molecule is Nc1c(F)cc(F)cc1C1(C(=O)O)CCC(F)(F)CC1. The van der Waals surface area contributed by atoms with Crippen LogP contribution in [0.1, 0.15) is 31.2 Å². The number of carboxylic acid groups (broad SMARTS) is 1. The Labute approximate surface area is 112 Å². The third kappa shape index (κ3) is 2.32. The van der Waals surface area contributed by atoms with Gasteiger partial charge in [-0.15, -0.1) is 0 Å². The van der Waals surface area contributed by atoms with Crippen LogP contribution in [0.4, 0.5) is 23.2 Å². The molecule has 0 bridgehead atoms. The van der Waals surface area contributed by atoms with Gasteiger partial charge in [-0.2, -0.15) is 0 Å². The number of aliphatic carboxylic acids is 1. The zero-order valence-corrected chi connectivity index (χ0v) is 10.4. The molecular weight excluding hydrogens is 278 g/mol. The third-order valence-corrected chi connectivity index (χ3v) is 3.85. The summed E-state index contributed by atoms with van der Waals surface area (Å²) < 4.78 is 53.2. The highest BCUT2D eigenvalue weighted by atomic mass is 19.3. The Morgan fingerprint density at radius 3 is 2.20 bits per heavy atom. The number of halogens is 4. The molecule has 1 fully saturated rings. The number of carboxylic acids is 1. The molecule has 0 radical (unpaired) electrons. The van der Waals surface area contributed by atoms with Gasteiger partial charge in [-0.05, 0) is 24.5 Å². The van der Waals surface area contributed by atoms with Crippen LogP contribution in [0.5, 0.6) is 0 Å². The number of benzene rings is 1. The maximum atomic E-state index is 13.5. The van der Waals surface area contributed by atoms with E-state index in [1.54, 1.807) is 0 Å². The molecule has 1 aromatic rings. The summed E-state index contributed by atoms with van der Waals surface area (Å²) in [6.45, 7) is 0. The van der Waals surface area contributed by atoms with Gasteiger partial charge in [0.2, 0.25) is 5.92 Å². The van der Waals surface area contributed by atoms with Crippen LogP contribution in [0.25, 0.3) is 0 Å². The second-order valence-electron chi connectivity index (χ2n) is 5.09. The van der Waals surface area contributed by atoms with Crippen LogP contribution in [0, 0.1) is 11.6 Å². The van der Waals surface area contributed by atoms with E-state index in [0.29, 0.717) is 6.07 Å². The molecule has 2 rings (SSSR count). The average Bonchev–Trinajstić information content (AvgIpc) is 2.34. The van der Waals surface area contributed by atoms with E-state index in [2.05, 4.69) is 0 Å². The Balaban J connectivity index is 2.53. The zero-order chi connectivity index (χ0) is 15.1. The highest BCUT2D eigenvalue weighted by Gasteiger charge is 2.50. The number of hydrogen-bond donors (Lipinski definition) is 2. The fraction of sp³-hybridized carbons (Fsp3) is 0.462. The molecule has 1 aromatic carbocycles. The lowest BCUT2D eigenvalue weighted by atomic mass is 9.68. The first-order valence-corrected chi connectivity index (χ1v) is 6.04. The van der Waals surface area contributed by atoms with Gasteiger partial charge in [0.05, 0.1) is 11.1 Å². The van der Waals surface area contributed by atoms with Gasteiger partial charge in [-0.25, -0.2) is 17.6 Å². The molecule has 0 unspecified atom stereocenters. The van der Waals surface area contributed by atoms with E-state index >= 15 is 0 Å².